The van der Waals surface area contributed by atoms with Crippen molar-refractivity contribution in [3.63, 3.8) is 0 Å². The molecule has 94 valence electrons. The molecule has 3 heteroatoms. The molecule has 1 atom stereocenters. The lowest BCUT2D eigenvalue weighted by Crippen LogP contribution is -2.02. The molecule has 0 aliphatic heterocycles. The first-order valence-electron chi connectivity index (χ1n) is 5.97. The molecule has 0 fully saturated rings. The summed E-state index contributed by atoms with van der Waals surface area (Å²) in [6.45, 7) is 4.29. The van der Waals surface area contributed by atoms with E-state index in [0.717, 1.165) is 5.56 Å². The molecule has 1 N–H and O–H groups in total. The molecule has 2 rings (SSSR count). The van der Waals surface area contributed by atoms with Gasteiger partial charge in [0.05, 0.1) is 10.7 Å². The van der Waals surface area contributed by atoms with Gasteiger partial charge < -0.3 is 5.11 Å². The van der Waals surface area contributed by atoms with Crippen LogP contribution in [0.15, 0.2) is 42.6 Å². The smallest absolute Gasteiger partial charge is 0.121 e. The van der Waals surface area contributed by atoms with Crippen LogP contribution in [0.5, 0.6) is 0 Å². The second kappa shape index (κ2) is 5.51. The summed E-state index contributed by atoms with van der Waals surface area (Å²) in [6, 6.07) is 11.4. The van der Waals surface area contributed by atoms with E-state index in [1.165, 1.54) is 5.56 Å². The van der Waals surface area contributed by atoms with Gasteiger partial charge in [0.15, 0.2) is 0 Å². The third-order valence-corrected chi connectivity index (χ3v) is 3.17. The summed E-state index contributed by atoms with van der Waals surface area (Å²) in [5, 5.41) is 10.8. The fraction of sp³-hybridized carbons (Fsp3) is 0.267. The number of pyridine rings is 1. The van der Waals surface area contributed by atoms with Crippen molar-refractivity contribution in [1.82, 2.24) is 4.98 Å². The average molecular weight is 262 g/mol. The van der Waals surface area contributed by atoms with Crippen LogP contribution in [0.1, 0.15) is 42.7 Å². The van der Waals surface area contributed by atoms with Crippen molar-refractivity contribution in [2.45, 2.75) is 25.9 Å². The van der Waals surface area contributed by atoms with E-state index in [-0.39, 0.29) is 0 Å². The fourth-order valence-corrected chi connectivity index (χ4v) is 1.89. The van der Waals surface area contributed by atoms with Crippen molar-refractivity contribution >= 4 is 11.6 Å². The van der Waals surface area contributed by atoms with E-state index in [9.17, 15) is 5.11 Å². The number of benzene rings is 1. The Hall–Kier alpha value is -1.38. The highest BCUT2D eigenvalue weighted by molar-refractivity contribution is 6.30. The molecule has 1 unspecified atom stereocenters. The Labute approximate surface area is 112 Å². The Kier molecular flexibility index (Phi) is 4.00. The minimum absolute atomic E-state index is 0.491. The highest BCUT2D eigenvalue weighted by Gasteiger charge is 2.11. The summed E-state index contributed by atoms with van der Waals surface area (Å²) in [5.41, 5.74) is 2.71. The third kappa shape index (κ3) is 2.89. The van der Waals surface area contributed by atoms with Crippen LogP contribution < -0.4 is 0 Å². The maximum absolute atomic E-state index is 10.2. The fourth-order valence-electron chi connectivity index (χ4n) is 1.78. The van der Waals surface area contributed by atoms with E-state index in [1.807, 2.05) is 24.3 Å². The molecule has 0 saturated carbocycles. The van der Waals surface area contributed by atoms with E-state index in [2.05, 4.69) is 18.8 Å². The van der Waals surface area contributed by atoms with Crippen molar-refractivity contribution in [2.75, 3.05) is 0 Å². The van der Waals surface area contributed by atoms with Crippen LogP contribution in [-0.2, 0) is 0 Å². The zero-order valence-electron chi connectivity index (χ0n) is 10.5. The Morgan fingerprint density at radius 2 is 1.61 bits per heavy atom. The Morgan fingerprint density at radius 1 is 1.00 bits per heavy atom. The predicted molar refractivity (Wildman–Crippen MR) is 73.8 cm³/mol. The van der Waals surface area contributed by atoms with Crippen LogP contribution in [0.4, 0.5) is 0 Å². The lowest BCUT2D eigenvalue weighted by Gasteiger charge is -2.12. The first kappa shape index (κ1) is 13.1. The summed E-state index contributed by atoms with van der Waals surface area (Å²) in [5.74, 6) is 0.491. The molecule has 0 aliphatic carbocycles. The van der Waals surface area contributed by atoms with Gasteiger partial charge in [0.1, 0.15) is 6.10 Å². The van der Waals surface area contributed by atoms with Gasteiger partial charge in [0.25, 0.3) is 0 Å². The van der Waals surface area contributed by atoms with Crippen LogP contribution in [0, 0.1) is 0 Å². The predicted octanol–water partition coefficient (Wildman–Crippen LogP) is 3.94. The Morgan fingerprint density at radius 3 is 2.11 bits per heavy atom. The Bertz CT molecular complexity index is 505. The molecule has 1 aromatic carbocycles. The van der Waals surface area contributed by atoms with Gasteiger partial charge in [-0.15, -0.1) is 0 Å². The molecular weight excluding hydrogens is 246 g/mol. The van der Waals surface area contributed by atoms with Gasteiger partial charge in [-0.3, -0.25) is 4.98 Å². The van der Waals surface area contributed by atoms with Crippen molar-refractivity contribution < 1.29 is 5.11 Å². The van der Waals surface area contributed by atoms with Gasteiger partial charge in [-0.25, -0.2) is 0 Å². The molecular formula is C15H16ClNO. The first-order valence-corrected chi connectivity index (χ1v) is 6.35. The van der Waals surface area contributed by atoms with Crippen molar-refractivity contribution in [2.24, 2.45) is 0 Å². The molecule has 2 nitrogen and oxygen atoms in total. The first-order chi connectivity index (χ1) is 8.58. The highest BCUT2D eigenvalue weighted by atomic mass is 35.5. The third-order valence-electron chi connectivity index (χ3n) is 2.95. The summed E-state index contributed by atoms with van der Waals surface area (Å²) < 4.78 is 0. The number of nitrogens with zero attached hydrogens (tertiary/aromatic N) is 1. The molecule has 0 spiro atoms. The normalized spacial score (nSPS) is 12.7. The van der Waals surface area contributed by atoms with Gasteiger partial charge in [0.2, 0.25) is 0 Å². The minimum Gasteiger partial charge on any atom is -0.382 e. The summed E-state index contributed by atoms with van der Waals surface area (Å²) in [7, 11) is 0. The number of aliphatic hydroxyl groups excluding tert-OH is 1. The lowest BCUT2D eigenvalue weighted by atomic mass is 9.99. The SMILES string of the molecule is CC(C)c1ccc(C(O)c2ccc(Cl)cn2)cc1. The van der Waals surface area contributed by atoms with Gasteiger partial charge >= 0.3 is 0 Å². The van der Waals surface area contributed by atoms with Crippen LogP contribution in [0.3, 0.4) is 0 Å². The van der Waals surface area contributed by atoms with Gasteiger partial charge in [-0.1, -0.05) is 49.7 Å². The number of hydrogen-bond donors (Lipinski definition) is 1. The van der Waals surface area contributed by atoms with Crippen molar-refractivity contribution in [3.05, 3.63) is 64.4 Å². The second-order valence-corrected chi connectivity index (χ2v) is 5.06. The topological polar surface area (TPSA) is 33.1 Å². The molecule has 0 bridgehead atoms. The summed E-state index contributed by atoms with van der Waals surface area (Å²) >= 11 is 5.77. The molecule has 0 saturated heterocycles. The molecule has 1 heterocycles. The van der Waals surface area contributed by atoms with E-state index < -0.39 is 6.10 Å². The van der Waals surface area contributed by atoms with E-state index >= 15 is 0 Å². The van der Waals surface area contributed by atoms with Gasteiger partial charge in [-0.2, -0.15) is 0 Å². The van der Waals surface area contributed by atoms with Gasteiger partial charge in [-0.05, 0) is 29.2 Å². The lowest BCUT2D eigenvalue weighted by molar-refractivity contribution is 0.215. The van der Waals surface area contributed by atoms with E-state index in [1.54, 1.807) is 18.3 Å². The van der Waals surface area contributed by atoms with Crippen LogP contribution in [0.2, 0.25) is 5.02 Å². The molecule has 0 aliphatic rings. The molecule has 0 amide bonds. The molecule has 0 radical (unpaired) electrons. The second-order valence-electron chi connectivity index (χ2n) is 4.63. The number of hydrogen-bond acceptors (Lipinski definition) is 2. The maximum atomic E-state index is 10.2. The van der Waals surface area contributed by atoms with Crippen LogP contribution in [0.25, 0.3) is 0 Å². The van der Waals surface area contributed by atoms with Crippen LogP contribution in [-0.4, -0.2) is 10.1 Å². The molecule has 1 aromatic heterocycles. The molecule has 18 heavy (non-hydrogen) atoms. The highest BCUT2D eigenvalue weighted by Crippen LogP contribution is 2.23. The summed E-state index contributed by atoms with van der Waals surface area (Å²) in [6.07, 6.45) is 0.839. The zero-order valence-corrected chi connectivity index (χ0v) is 11.2. The number of aromatic nitrogens is 1. The van der Waals surface area contributed by atoms with Gasteiger partial charge in [0, 0.05) is 6.20 Å². The number of aliphatic hydroxyl groups is 1. The van der Waals surface area contributed by atoms with E-state index in [0.29, 0.717) is 16.6 Å². The monoisotopic (exact) mass is 261 g/mol. The van der Waals surface area contributed by atoms with Crippen molar-refractivity contribution in [3.8, 4) is 0 Å². The maximum Gasteiger partial charge on any atom is 0.121 e. The Balaban J connectivity index is 2.23. The zero-order chi connectivity index (χ0) is 13.1. The van der Waals surface area contributed by atoms with E-state index in [4.69, 9.17) is 11.6 Å². The quantitative estimate of drug-likeness (QED) is 0.908. The summed E-state index contributed by atoms with van der Waals surface area (Å²) in [4.78, 5) is 4.13. The minimum atomic E-state index is -0.705. The number of halogens is 1. The number of rotatable bonds is 3. The van der Waals surface area contributed by atoms with Crippen LogP contribution >= 0.6 is 11.6 Å². The largest absolute Gasteiger partial charge is 0.382 e. The average Bonchev–Trinajstić information content (AvgIpc) is 2.39. The van der Waals surface area contributed by atoms with Crippen molar-refractivity contribution in [1.29, 1.82) is 0 Å². The standard InChI is InChI=1S/C15H16ClNO/c1-10(2)11-3-5-12(6-4-11)15(18)14-8-7-13(16)9-17-14/h3-10,15,18H,1-2H3. The molecule has 2 aromatic rings.